The lowest BCUT2D eigenvalue weighted by Crippen LogP contribution is -2.75. The fourth-order valence-electron chi connectivity index (χ4n) is 7.15. The number of aliphatic hydroxyl groups is 2. The molecule has 3 heterocycles. The maximum absolute atomic E-state index is 13.4. The topological polar surface area (TPSA) is 124 Å². The fraction of sp³-hybridized carbons (Fsp3) is 0.500. The number of anilines is 1. The number of phenols is 1. The third kappa shape index (κ3) is 3.16. The van der Waals surface area contributed by atoms with Crippen molar-refractivity contribution < 1.29 is 29.6 Å². The summed E-state index contributed by atoms with van der Waals surface area (Å²) in [7, 11) is 1.51. The number of piperidine rings is 1. The molecule has 2 aromatic rings. The number of rotatable bonds is 5. The van der Waals surface area contributed by atoms with Gasteiger partial charge in [0.2, 0.25) is 5.88 Å². The molecule has 1 saturated heterocycles. The Bertz CT molecular complexity index is 1310. The molecule has 0 unspecified atom stereocenters. The lowest BCUT2D eigenvalue weighted by Gasteiger charge is -2.62. The first kappa shape index (κ1) is 24.1. The zero-order chi connectivity index (χ0) is 24.8. The fourth-order valence-corrected chi connectivity index (χ4v) is 7.15. The van der Waals surface area contributed by atoms with Gasteiger partial charge in [0.05, 0.1) is 35.6 Å². The highest BCUT2D eigenvalue weighted by atomic mass is 16.5. The Labute approximate surface area is 215 Å². The first-order chi connectivity index (χ1) is 17.4. The van der Waals surface area contributed by atoms with E-state index in [-0.39, 0.29) is 37.0 Å². The highest BCUT2D eigenvalue weighted by Gasteiger charge is 2.73. The summed E-state index contributed by atoms with van der Waals surface area (Å²) in [6, 6.07) is 6.61. The Morgan fingerprint density at radius 1 is 1.27 bits per heavy atom. The van der Waals surface area contributed by atoms with E-state index in [2.05, 4.69) is 15.2 Å². The van der Waals surface area contributed by atoms with Gasteiger partial charge < -0.3 is 30.1 Å². The zero-order valence-electron chi connectivity index (χ0n) is 20.0. The number of methoxy groups -OCH3 is 1. The Hall–Kier alpha value is -3.30. The van der Waals surface area contributed by atoms with Crippen molar-refractivity contribution in [2.45, 2.75) is 62.7 Å². The summed E-state index contributed by atoms with van der Waals surface area (Å²) in [5.41, 5.74) is 0.113. The summed E-state index contributed by atoms with van der Waals surface area (Å²) in [5, 5.41) is 37.5. The second-order valence-corrected chi connectivity index (χ2v) is 10.8. The lowest BCUT2D eigenvalue weighted by molar-refractivity contribution is -0.172. The molecule has 2 bridgehead atoms. The van der Waals surface area contributed by atoms with Gasteiger partial charge >= 0.3 is 0 Å². The second-order valence-electron chi connectivity index (χ2n) is 10.8. The SMILES string of the molecule is C.COc1ccc(NC(=O)C2=C(O)[C@@H]3Oc4c(O)ccc5c4[C@@]34CCN(CC3CC3)[C@H](C5)[C@]4(O)C2)cn1. The van der Waals surface area contributed by atoms with Gasteiger partial charge in [0, 0.05) is 30.6 Å². The summed E-state index contributed by atoms with van der Waals surface area (Å²) >= 11 is 0. The number of benzene rings is 1. The van der Waals surface area contributed by atoms with Crippen LogP contribution in [-0.4, -0.2) is 69.1 Å². The smallest absolute Gasteiger partial charge is 0.255 e. The minimum Gasteiger partial charge on any atom is -0.508 e. The number of carbonyl (C=O) groups is 1. The number of phenolic OH excluding ortho intramolecular Hbond substituents is 1. The van der Waals surface area contributed by atoms with Crippen LogP contribution in [0.15, 0.2) is 41.8 Å². The van der Waals surface area contributed by atoms with Crippen LogP contribution in [0.3, 0.4) is 0 Å². The number of aromatic hydroxyl groups is 1. The van der Waals surface area contributed by atoms with E-state index in [4.69, 9.17) is 9.47 Å². The van der Waals surface area contributed by atoms with Gasteiger partial charge in [-0.3, -0.25) is 9.69 Å². The molecule has 1 aromatic carbocycles. The van der Waals surface area contributed by atoms with Gasteiger partial charge in [0.1, 0.15) is 5.76 Å². The predicted octanol–water partition coefficient (Wildman–Crippen LogP) is 3.06. The monoisotopic (exact) mass is 507 g/mol. The van der Waals surface area contributed by atoms with Crippen LogP contribution in [0, 0.1) is 5.92 Å². The first-order valence-corrected chi connectivity index (χ1v) is 12.6. The summed E-state index contributed by atoms with van der Waals surface area (Å²) in [5.74, 6) is 0.676. The van der Waals surface area contributed by atoms with Crippen molar-refractivity contribution in [3.63, 3.8) is 0 Å². The molecule has 9 nitrogen and oxygen atoms in total. The van der Waals surface area contributed by atoms with E-state index in [1.807, 2.05) is 6.07 Å². The Morgan fingerprint density at radius 2 is 2.08 bits per heavy atom. The molecule has 1 saturated carbocycles. The number of hydrogen-bond acceptors (Lipinski definition) is 8. The van der Waals surface area contributed by atoms with Gasteiger partial charge in [-0.15, -0.1) is 0 Å². The highest BCUT2D eigenvalue weighted by Crippen LogP contribution is 2.66. The Morgan fingerprint density at radius 3 is 2.78 bits per heavy atom. The standard InChI is InChI=1S/C27H29N3O6.CH4/c1-35-20-7-5-16(12-28-20)29-25(33)17-11-27(34)19-10-15-4-6-18(31)23-21(15)26(27,24(36-23)22(17)32)8-9-30(19)13-14-2-3-14;/h4-7,12,14,19,24,31-32,34H,2-3,8-11,13H2,1H3,(H,29,33);1H4/t19-,24+,26+,27-;/m1./s1. The molecular formula is C28H33N3O6. The number of ether oxygens (including phenoxy) is 2. The molecule has 196 valence electrons. The van der Waals surface area contributed by atoms with Crippen LogP contribution in [0.1, 0.15) is 44.2 Å². The quantitative estimate of drug-likeness (QED) is 0.487. The molecule has 1 amide bonds. The normalized spacial score (nSPS) is 31.2. The predicted molar refractivity (Wildman–Crippen MR) is 136 cm³/mol. The van der Waals surface area contributed by atoms with Gasteiger partial charge in [-0.05, 0) is 55.8 Å². The third-order valence-electron chi connectivity index (χ3n) is 8.99. The van der Waals surface area contributed by atoms with Crippen molar-refractivity contribution in [2.24, 2.45) is 5.92 Å². The van der Waals surface area contributed by atoms with Crippen LogP contribution in [0.4, 0.5) is 5.69 Å². The maximum Gasteiger partial charge on any atom is 0.255 e. The number of aliphatic hydroxyl groups excluding tert-OH is 1. The van der Waals surface area contributed by atoms with Crippen molar-refractivity contribution in [1.29, 1.82) is 0 Å². The van der Waals surface area contributed by atoms with Gasteiger partial charge in [-0.25, -0.2) is 4.98 Å². The molecule has 9 heteroatoms. The van der Waals surface area contributed by atoms with Crippen molar-refractivity contribution in [1.82, 2.24) is 9.88 Å². The number of amides is 1. The van der Waals surface area contributed by atoms with Crippen molar-refractivity contribution in [3.05, 3.63) is 52.9 Å². The lowest BCUT2D eigenvalue weighted by atomic mass is 9.49. The number of likely N-dealkylation sites (tertiary alicyclic amines) is 1. The molecule has 2 aliphatic heterocycles. The van der Waals surface area contributed by atoms with Crippen LogP contribution < -0.4 is 14.8 Å². The van der Waals surface area contributed by atoms with E-state index in [0.717, 1.165) is 24.2 Å². The third-order valence-corrected chi connectivity index (χ3v) is 8.99. The zero-order valence-corrected chi connectivity index (χ0v) is 20.0. The molecule has 1 spiro atoms. The molecule has 4 atom stereocenters. The van der Waals surface area contributed by atoms with Crippen LogP contribution >= 0.6 is 0 Å². The molecule has 37 heavy (non-hydrogen) atoms. The largest absolute Gasteiger partial charge is 0.508 e. The molecule has 7 rings (SSSR count). The Balaban J connectivity index is 0.00000252. The molecule has 2 fully saturated rings. The number of pyridine rings is 1. The molecule has 5 aliphatic rings. The summed E-state index contributed by atoms with van der Waals surface area (Å²) < 4.78 is 11.3. The van der Waals surface area contributed by atoms with Gasteiger partial charge in [0.25, 0.3) is 5.91 Å². The summed E-state index contributed by atoms with van der Waals surface area (Å²) in [6.45, 7) is 1.69. The number of hydrogen-bond donors (Lipinski definition) is 4. The Kier molecular flexibility index (Phi) is 5.27. The van der Waals surface area contributed by atoms with Crippen LogP contribution in [0.25, 0.3) is 0 Å². The first-order valence-electron chi connectivity index (χ1n) is 12.6. The van der Waals surface area contributed by atoms with Crippen LogP contribution in [0.2, 0.25) is 0 Å². The number of aromatic nitrogens is 1. The highest BCUT2D eigenvalue weighted by molar-refractivity contribution is 6.04. The van der Waals surface area contributed by atoms with Crippen molar-refractivity contribution >= 4 is 11.6 Å². The van der Waals surface area contributed by atoms with E-state index in [0.29, 0.717) is 36.1 Å². The summed E-state index contributed by atoms with van der Waals surface area (Å²) in [4.78, 5) is 19.9. The van der Waals surface area contributed by atoms with Crippen LogP contribution in [0.5, 0.6) is 17.4 Å². The molecule has 4 N–H and O–H groups in total. The van der Waals surface area contributed by atoms with Gasteiger partial charge in [-0.2, -0.15) is 0 Å². The second kappa shape index (κ2) is 8.10. The average molecular weight is 508 g/mol. The van der Waals surface area contributed by atoms with Gasteiger partial charge in [-0.1, -0.05) is 13.5 Å². The van der Waals surface area contributed by atoms with E-state index in [1.54, 1.807) is 18.2 Å². The molecular weight excluding hydrogens is 474 g/mol. The van der Waals surface area contributed by atoms with E-state index < -0.39 is 23.0 Å². The summed E-state index contributed by atoms with van der Waals surface area (Å²) in [6.07, 6.45) is 4.11. The number of carbonyl (C=O) groups excluding carboxylic acids is 1. The average Bonchev–Trinajstić information content (AvgIpc) is 3.61. The molecule has 0 radical (unpaired) electrons. The van der Waals surface area contributed by atoms with Crippen LogP contribution in [-0.2, 0) is 16.6 Å². The van der Waals surface area contributed by atoms with E-state index in [9.17, 15) is 20.1 Å². The number of nitrogens with zero attached hydrogens (tertiary/aromatic N) is 2. The van der Waals surface area contributed by atoms with Gasteiger partial charge in [0.15, 0.2) is 17.6 Å². The maximum atomic E-state index is 13.4. The molecule has 1 aromatic heterocycles. The van der Waals surface area contributed by atoms with E-state index in [1.165, 1.54) is 26.1 Å². The van der Waals surface area contributed by atoms with Crippen molar-refractivity contribution in [3.8, 4) is 17.4 Å². The van der Waals surface area contributed by atoms with E-state index >= 15 is 0 Å². The molecule has 3 aliphatic carbocycles. The minimum absolute atomic E-state index is 0. The van der Waals surface area contributed by atoms with Crippen molar-refractivity contribution in [2.75, 3.05) is 25.5 Å². The number of nitrogens with one attached hydrogen (secondary N) is 1. The minimum atomic E-state index is -1.34.